The molecule has 0 aliphatic heterocycles. The van der Waals surface area contributed by atoms with Crippen molar-refractivity contribution in [3.63, 3.8) is 0 Å². The van der Waals surface area contributed by atoms with Crippen LogP contribution in [0.15, 0.2) is 0 Å². The lowest BCUT2D eigenvalue weighted by Crippen LogP contribution is -2.23. The van der Waals surface area contributed by atoms with Crippen molar-refractivity contribution in [3.8, 4) is 0 Å². The van der Waals surface area contributed by atoms with Gasteiger partial charge < -0.3 is 11.1 Å². The largest absolute Gasteiger partial charge is 0.356 e. The van der Waals surface area contributed by atoms with E-state index < -0.39 is 0 Å². The number of carbonyl (C=O) groups excluding carboxylic acids is 1. The zero-order valence-corrected chi connectivity index (χ0v) is 8.64. The minimum atomic E-state index is 0.189. The molecule has 0 heterocycles. The molecule has 0 radical (unpaired) electrons. The molecule has 0 atom stereocenters. The van der Waals surface area contributed by atoms with Gasteiger partial charge in [0.05, 0.1) is 0 Å². The fourth-order valence-corrected chi connectivity index (χ4v) is 1.14. The van der Waals surface area contributed by atoms with Crippen LogP contribution in [0.5, 0.6) is 0 Å². The first-order valence-corrected chi connectivity index (χ1v) is 5.28. The van der Waals surface area contributed by atoms with Crippen molar-refractivity contribution in [1.29, 1.82) is 0 Å². The Morgan fingerprint density at radius 2 is 1.92 bits per heavy atom. The summed E-state index contributed by atoms with van der Waals surface area (Å²) in [5.41, 5.74) is 5.36. The van der Waals surface area contributed by atoms with Crippen molar-refractivity contribution < 1.29 is 4.79 Å². The maximum absolute atomic E-state index is 11.1. The van der Waals surface area contributed by atoms with Crippen LogP contribution in [0.2, 0.25) is 0 Å². The summed E-state index contributed by atoms with van der Waals surface area (Å²) in [6.07, 6.45) is 6.03. The van der Waals surface area contributed by atoms with Gasteiger partial charge in [-0.3, -0.25) is 4.79 Å². The van der Waals surface area contributed by atoms with Gasteiger partial charge in [0, 0.05) is 13.0 Å². The van der Waals surface area contributed by atoms with E-state index in [-0.39, 0.29) is 5.91 Å². The third kappa shape index (κ3) is 9.34. The molecule has 3 N–H and O–H groups in total. The molecule has 0 unspecified atom stereocenters. The summed E-state index contributed by atoms with van der Waals surface area (Å²) < 4.78 is 0. The molecule has 0 bridgehead atoms. The number of carbonyl (C=O) groups is 1. The highest BCUT2D eigenvalue weighted by atomic mass is 16.1. The van der Waals surface area contributed by atoms with Gasteiger partial charge in [-0.15, -0.1) is 0 Å². The topological polar surface area (TPSA) is 55.1 Å². The number of unbranched alkanes of at least 4 members (excludes halogenated alkanes) is 3. The average Bonchev–Trinajstić information content (AvgIpc) is 2.14. The van der Waals surface area contributed by atoms with E-state index in [0.717, 1.165) is 45.2 Å². The molecule has 0 spiro atoms. The van der Waals surface area contributed by atoms with Crippen LogP contribution in [-0.4, -0.2) is 19.0 Å². The lowest BCUT2D eigenvalue weighted by atomic mass is 10.1. The highest BCUT2D eigenvalue weighted by Gasteiger charge is 1.98. The first-order chi connectivity index (χ1) is 6.31. The smallest absolute Gasteiger partial charge is 0.219 e. The monoisotopic (exact) mass is 186 g/mol. The Balaban J connectivity index is 3.08. The number of rotatable bonds is 8. The summed E-state index contributed by atoms with van der Waals surface area (Å²) in [6.45, 7) is 3.63. The molecule has 0 aromatic carbocycles. The zero-order valence-electron chi connectivity index (χ0n) is 8.64. The van der Waals surface area contributed by atoms with Gasteiger partial charge in [-0.2, -0.15) is 0 Å². The number of hydrogen-bond donors (Lipinski definition) is 2. The summed E-state index contributed by atoms with van der Waals surface area (Å²) in [4.78, 5) is 11.1. The zero-order chi connectivity index (χ0) is 9.94. The first-order valence-electron chi connectivity index (χ1n) is 5.28. The minimum absolute atomic E-state index is 0.189. The van der Waals surface area contributed by atoms with Gasteiger partial charge in [0.25, 0.3) is 0 Å². The van der Waals surface area contributed by atoms with Crippen LogP contribution in [0.1, 0.15) is 45.4 Å². The second-order valence-corrected chi connectivity index (χ2v) is 3.30. The Labute approximate surface area is 81.1 Å². The number of amides is 1. The second-order valence-electron chi connectivity index (χ2n) is 3.30. The predicted molar refractivity (Wildman–Crippen MR) is 55.4 cm³/mol. The summed E-state index contributed by atoms with van der Waals surface area (Å²) in [6, 6.07) is 0. The third-order valence-corrected chi connectivity index (χ3v) is 1.93. The van der Waals surface area contributed by atoms with Crippen LogP contribution in [-0.2, 0) is 4.79 Å². The Morgan fingerprint density at radius 1 is 1.23 bits per heavy atom. The van der Waals surface area contributed by atoms with E-state index in [9.17, 15) is 4.79 Å². The van der Waals surface area contributed by atoms with Gasteiger partial charge in [-0.25, -0.2) is 0 Å². The van der Waals surface area contributed by atoms with Crippen molar-refractivity contribution in [2.75, 3.05) is 13.1 Å². The normalized spacial score (nSPS) is 10.0. The molecule has 0 saturated carbocycles. The highest BCUT2D eigenvalue weighted by molar-refractivity contribution is 5.75. The van der Waals surface area contributed by atoms with Crippen molar-refractivity contribution in [3.05, 3.63) is 0 Å². The van der Waals surface area contributed by atoms with E-state index in [2.05, 4.69) is 12.2 Å². The summed E-state index contributed by atoms with van der Waals surface area (Å²) in [7, 11) is 0. The fraction of sp³-hybridized carbons (Fsp3) is 0.900. The number of nitrogens with two attached hydrogens (primary N) is 1. The molecule has 78 valence electrons. The maximum atomic E-state index is 11.1. The van der Waals surface area contributed by atoms with E-state index in [1.54, 1.807) is 0 Å². The van der Waals surface area contributed by atoms with Crippen LogP contribution < -0.4 is 11.1 Å². The summed E-state index contributed by atoms with van der Waals surface area (Å²) in [5, 5.41) is 2.86. The molecule has 0 aromatic rings. The number of hydrogen-bond acceptors (Lipinski definition) is 2. The molecule has 0 aromatic heterocycles. The van der Waals surface area contributed by atoms with Gasteiger partial charge in [-0.1, -0.05) is 19.8 Å². The molecule has 13 heavy (non-hydrogen) atoms. The van der Waals surface area contributed by atoms with E-state index in [1.807, 2.05) is 0 Å². The van der Waals surface area contributed by atoms with E-state index in [4.69, 9.17) is 5.73 Å². The molecule has 0 saturated heterocycles. The van der Waals surface area contributed by atoms with Crippen molar-refractivity contribution in [2.45, 2.75) is 45.4 Å². The van der Waals surface area contributed by atoms with Crippen LogP contribution in [0.3, 0.4) is 0 Å². The van der Waals surface area contributed by atoms with E-state index in [1.165, 1.54) is 0 Å². The van der Waals surface area contributed by atoms with Crippen LogP contribution in [0.4, 0.5) is 0 Å². The van der Waals surface area contributed by atoms with Gasteiger partial charge in [0.1, 0.15) is 0 Å². The lowest BCUT2D eigenvalue weighted by molar-refractivity contribution is -0.121. The van der Waals surface area contributed by atoms with Crippen molar-refractivity contribution in [1.82, 2.24) is 5.32 Å². The predicted octanol–water partition coefficient (Wildman–Crippen LogP) is 1.42. The maximum Gasteiger partial charge on any atom is 0.219 e. The minimum Gasteiger partial charge on any atom is -0.356 e. The lowest BCUT2D eigenvalue weighted by Gasteiger charge is -2.02. The Hall–Kier alpha value is -0.570. The molecule has 0 rings (SSSR count). The summed E-state index contributed by atoms with van der Waals surface area (Å²) >= 11 is 0. The summed E-state index contributed by atoms with van der Waals surface area (Å²) in [5.74, 6) is 0.189. The van der Waals surface area contributed by atoms with Crippen LogP contribution in [0.25, 0.3) is 0 Å². The number of nitrogens with one attached hydrogen (secondary N) is 1. The molecule has 0 aliphatic carbocycles. The molecule has 1 amide bonds. The SMILES string of the molecule is CCCNC(=O)CCCCCCN. The highest BCUT2D eigenvalue weighted by Crippen LogP contribution is 2.01. The average molecular weight is 186 g/mol. The van der Waals surface area contributed by atoms with Crippen molar-refractivity contribution >= 4 is 5.91 Å². The van der Waals surface area contributed by atoms with E-state index in [0.29, 0.717) is 6.42 Å². The van der Waals surface area contributed by atoms with Crippen molar-refractivity contribution in [2.24, 2.45) is 5.73 Å². The Kier molecular flexibility index (Phi) is 9.10. The molecule has 0 fully saturated rings. The Bertz CT molecular complexity index is 126. The molecule has 3 nitrogen and oxygen atoms in total. The fourth-order valence-electron chi connectivity index (χ4n) is 1.14. The second kappa shape index (κ2) is 9.52. The third-order valence-electron chi connectivity index (χ3n) is 1.93. The molecule has 0 aliphatic rings. The molecule has 3 heteroatoms. The van der Waals surface area contributed by atoms with Crippen LogP contribution >= 0.6 is 0 Å². The standard InChI is InChI=1S/C10H22N2O/c1-2-9-12-10(13)7-5-3-4-6-8-11/h2-9,11H2,1H3,(H,12,13). The van der Waals surface area contributed by atoms with Gasteiger partial charge in [-0.05, 0) is 25.8 Å². The molecular weight excluding hydrogens is 164 g/mol. The molecular formula is C10H22N2O. The first kappa shape index (κ1) is 12.4. The van der Waals surface area contributed by atoms with Gasteiger partial charge in [0.15, 0.2) is 0 Å². The quantitative estimate of drug-likeness (QED) is 0.563. The van der Waals surface area contributed by atoms with Gasteiger partial charge in [0.2, 0.25) is 5.91 Å². The van der Waals surface area contributed by atoms with Crippen LogP contribution in [0, 0.1) is 0 Å². The Morgan fingerprint density at radius 3 is 2.54 bits per heavy atom. The van der Waals surface area contributed by atoms with Gasteiger partial charge >= 0.3 is 0 Å². The van der Waals surface area contributed by atoms with E-state index >= 15 is 0 Å².